The van der Waals surface area contributed by atoms with Gasteiger partial charge >= 0.3 is 5.97 Å². The van der Waals surface area contributed by atoms with Gasteiger partial charge in [-0.2, -0.15) is 0 Å². The summed E-state index contributed by atoms with van der Waals surface area (Å²) in [6, 6.07) is 3.28. The molecule has 0 aliphatic rings. The average Bonchev–Trinajstić information content (AvgIpc) is 2.48. The molecule has 0 heterocycles. The van der Waals surface area contributed by atoms with Crippen LogP contribution in [0.4, 0.5) is 0 Å². The van der Waals surface area contributed by atoms with Crippen LogP contribution in [0.2, 0.25) is 0 Å². The summed E-state index contributed by atoms with van der Waals surface area (Å²) in [5, 5.41) is 0. The van der Waals surface area contributed by atoms with Gasteiger partial charge in [-0.05, 0) is 54.5 Å². The van der Waals surface area contributed by atoms with Crippen molar-refractivity contribution in [1.29, 1.82) is 0 Å². The van der Waals surface area contributed by atoms with E-state index in [0.29, 0.717) is 30.1 Å². The van der Waals surface area contributed by atoms with E-state index in [1.54, 1.807) is 12.1 Å². The Morgan fingerprint density at radius 3 is 2.32 bits per heavy atom. The molecule has 0 amide bonds. The molecule has 5 heteroatoms. The second-order valence-corrected chi connectivity index (χ2v) is 6.24. The molecule has 1 aromatic rings. The van der Waals surface area contributed by atoms with E-state index in [9.17, 15) is 9.59 Å². The number of Topliss-reactive ketones (excluding diaryl/α,β-unsaturated/α-hetero) is 1. The van der Waals surface area contributed by atoms with Crippen LogP contribution in [0.15, 0.2) is 12.1 Å². The number of carbonyl (C=O) groups excluding carboxylic acids is 2. The number of hydrogen-bond donors (Lipinski definition) is 0. The molecular formula is C17H23IO4. The number of unbranched alkanes of at least 4 members (excludes halogenated alkanes) is 2. The molecular weight excluding hydrogens is 395 g/mol. The fourth-order valence-corrected chi connectivity index (χ4v) is 2.61. The van der Waals surface area contributed by atoms with Crippen molar-refractivity contribution in [3.05, 3.63) is 26.8 Å². The number of ketones is 1. The summed E-state index contributed by atoms with van der Waals surface area (Å²) in [4.78, 5) is 23.9. The lowest BCUT2D eigenvalue weighted by Gasteiger charge is -2.13. The van der Waals surface area contributed by atoms with Gasteiger partial charge in [-0.1, -0.05) is 26.7 Å². The maximum atomic E-state index is 12.0. The molecule has 0 aromatic heterocycles. The summed E-state index contributed by atoms with van der Waals surface area (Å²) in [6.45, 7) is 6.55. The van der Waals surface area contributed by atoms with Crippen molar-refractivity contribution in [3.63, 3.8) is 0 Å². The maximum absolute atomic E-state index is 12.0. The monoisotopic (exact) mass is 418 g/mol. The minimum atomic E-state index is -0.394. The summed E-state index contributed by atoms with van der Waals surface area (Å²) < 4.78 is 11.7. The first-order valence-electron chi connectivity index (χ1n) is 7.65. The molecule has 0 radical (unpaired) electrons. The SMILES string of the molecule is CCCCOC(=O)c1cc(I)c(OCCCC)c(C(C)=O)c1. The normalized spacial score (nSPS) is 10.4. The summed E-state index contributed by atoms with van der Waals surface area (Å²) in [7, 11) is 0. The van der Waals surface area contributed by atoms with E-state index >= 15 is 0 Å². The van der Waals surface area contributed by atoms with Crippen LogP contribution in [0.5, 0.6) is 5.75 Å². The number of hydrogen-bond acceptors (Lipinski definition) is 4. The highest BCUT2D eigenvalue weighted by molar-refractivity contribution is 14.1. The number of rotatable bonds is 9. The molecule has 1 rings (SSSR count). The fourth-order valence-electron chi connectivity index (χ4n) is 1.83. The first kappa shape index (κ1) is 18.9. The Bertz CT molecular complexity index is 526. The van der Waals surface area contributed by atoms with Gasteiger partial charge in [0.2, 0.25) is 0 Å². The predicted molar refractivity (Wildman–Crippen MR) is 94.8 cm³/mol. The molecule has 122 valence electrons. The van der Waals surface area contributed by atoms with Gasteiger partial charge in [-0.25, -0.2) is 4.79 Å². The van der Waals surface area contributed by atoms with Gasteiger partial charge in [0.15, 0.2) is 5.78 Å². The Hall–Kier alpha value is -1.11. The minimum Gasteiger partial charge on any atom is -0.492 e. The van der Waals surface area contributed by atoms with Crippen LogP contribution < -0.4 is 4.74 Å². The molecule has 1 aromatic carbocycles. The summed E-state index contributed by atoms with van der Waals surface area (Å²) >= 11 is 2.09. The molecule has 4 nitrogen and oxygen atoms in total. The fraction of sp³-hybridized carbons (Fsp3) is 0.529. The molecule has 0 saturated carbocycles. The van der Waals surface area contributed by atoms with Crippen molar-refractivity contribution in [1.82, 2.24) is 0 Å². The van der Waals surface area contributed by atoms with Crippen molar-refractivity contribution < 1.29 is 19.1 Å². The van der Waals surface area contributed by atoms with E-state index in [1.807, 2.05) is 6.92 Å². The van der Waals surface area contributed by atoms with Gasteiger partial charge in [-0.15, -0.1) is 0 Å². The molecule has 0 fully saturated rings. The number of halogens is 1. The third-order valence-electron chi connectivity index (χ3n) is 3.13. The van der Waals surface area contributed by atoms with Crippen LogP contribution in [-0.4, -0.2) is 25.0 Å². The molecule has 0 unspecified atom stereocenters. The van der Waals surface area contributed by atoms with Crippen LogP contribution in [0.25, 0.3) is 0 Å². The molecule has 0 N–H and O–H groups in total. The number of esters is 1. The number of carbonyl (C=O) groups is 2. The van der Waals surface area contributed by atoms with Crippen molar-refractivity contribution >= 4 is 34.3 Å². The molecule has 0 aliphatic carbocycles. The van der Waals surface area contributed by atoms with Crippen molar-refractivity contribution in [3.8, 4) is 5.75 Å². The average molecular weight is 418 g/mol. The zero-order chi connectivity index (χ0) is 16.5. The van der Waals surface area contributed by atoms with Crippen molar-refractivity contribution in [2.45, 2.75) is 46.5 Å². The predicted octanol–water partition coefficient (Wildman–Crippen LogP) is 4.63. The lowest BCUT2D eigenvalue weighted by molar-refractivity contribution is 0.0499. The van der Waals surface area contributed by atoms with E-state index in [-0.39, 0.29) is 5.78 Å². The summed E-state index contributed by atoms with van der Waals surface area (Å²) in [5.74, 6) is 0.0493. The molecule has 0 bridgehead atoms. The van der Waals surface area contributed by atoms with E-state index in [1.165, 1.54) is 6.92 Å². The standard InChI is InChI=1S/C17H23IO4/c1-4-6-8-21-16-14(12(3)19)10-13(11-15(16)18)17(20)22-9-7-5-2/h10-11H,4-9H2,1-3H3. The molecule has 0 aliphatic heterocycles. The second kappa shape index (κ2) is 9.82. The Kier molecular flexibility index (Phi) is 8.45. The maximum Gasteiger partial charge on any atom is 0.338 e. The van der Waals surface area contributed by atoms with Gasteiger partial charge in [0.1, 0.15) is 5.75 Å². The smallest absolute Gasteiger partial charge is 0.338 e. The molecule has 0 saturated heterocycles. The van der Waals surface area contributed by atoms with E-state index in [0.717, 1.165) is 29.3 Å². The molecule has 0 atom stereocenters. The van der Waals surface area contributed by atoms with E-state index in [4.69, 9.17) is 9.47 Å². The summed E-state index contributed by atoms with van der Waals surface area (Å²) in [5.41, 5.74) is 0.832. The Morgan fingerprint density at radius 1 is 1.09 bits per heavy atom. The van der Waals surface area contributed by atoms with Crippen LogP contribution in [-0.2, 0) is 4.74 Å². The van der Waals surface area contributed by atoms with E-state index in [2.05, 4.69) is 29.5 Å². The first-order valence-corrected chi connectivity index (χ1v) is 8.73. The zero-order valence-corrected chi connectivity index (χ0v) is 15.6. The van der Waals surface area contributed by atoms with Gasteiger partial charge in [0, 0.05) is 0 Å². The quantitative estimate of drug-likeness (QED) is 0.254. The van der Waals surface area contributed by atoms with Gasteiger partial charge in [0.05, 0.1) is 27.9 Å². The van der Waals surface area contributed by atoms with Crippen LogP contribution >= 0.6 is 22.6 Å². The van der Waals surface area contributed by atoms with Crippen LogP contribution in [0, 0.1) is 3.57 Å². The largest absolute Gasteiger partial charge is 0.492 e. The topological polar surface area (TPSA) is 52.6 Å². The van der Waals surface area contributed by atoms with Crippen molar-refractivity contribution in [2.75, 3.05) is 13.2 Å². The van der Waals surface area contributed by atoms with E-state index < -0.39 is 5.97 Å². The first-order chi connectivity index (χ1) is 10.5. The second-order valence-electron chi connectivity index (χ2n) is 5.08. The Balaban J connectivity index is 2.98. The number of ether oxygens (including phenoxy) is 2. The Morgan fingerprint density at radius 2 is 1.73 bits per heavy atom. The third-order valence-corrected chi connectivity index (χ3v) is 3.94. The lowest BCUT2D eigenvalue weighted by Crippen LogP contribution is -2.10. The van der Waals surface area contributed by atoms with Gasteiger partial charge in [-0.3, -0.25) is 4.79 Å². The number of benzene rings is 1. The van der Waals surface area contributed by atoms with Gasteiger partial charge < -0.3 is 9.47 Å². The molecule has 0 spiro atoms. The zero-order valence-electron chi connectivity index (χ0n) is 13.4. The van der Waals surface area contributed by atoms with Crippen LogP contribution in [0.3, 0.4) is 0 Å². The highest BCUT2D eigenvalue weighted by Crippen LogP contribution is 2.29. The van der Waals surface area contributed by atoms with Crippen molar-refractivity contribution in [2.24, 2.45) is 0 Å². The highest BCUT2D eigenvalue weighted by Gasteiger charge is 2.18. The van der Waals surface area contributed by atoms with Crippen LogP contribution in [0.1, 0.15) is 67.2 Å². The lowest BCUT2D eigenvalue weighted by atomic mass is 10.1. The minimum absolute atomic E-state index is 0.118. The Labute approximate surface area is 145 Å². The highest BCUT2D eigenvalue weighted by atomic mass is 127. The van der Waals surface area contributed by atoms with Gasteiger partial charge in [0.25, 0.3) is 0 Å². The molecule has 22 heavy (non-hydrogen) atoms. The third kappa shape index (κ3) is 5.59. The summed E-state index contributed by atoms with van der Waals surface area (Å²) in [6.07, 6.45) is 3.75.